The van der Waals surface area contributed by atoms with E-state index in [4.69, 9.17) is 5.11 Å². The highest BCUT2D eigenvalue weighted by Gasteiger charge is 2.36. The maximum atomic E-state index is 12.5. The Morgan fingerprint density at radius 2 is 1.92 bits per heavy atom. The third kappa shape index (κ3) is 3.58. The average molecular weight is 330 g/mol. The lowest BCUT2D eigenvalue weighted by molar-refractivity contribution is -0.135. The van der Waals surface area contributed by atoms with Crippen molar-refractivity contribution in [3.8, 4) is 0 Å². The number of rotatable bonds is 4. The molecule has 0 bridgehead atoms. The van der Waals surface area contributed by atoms with E-state index in [1.165, 1.54) is 6.07 Å². The van der Waals surface area contributed by atoms with Crippen LogP contribution in [-0.4, -0.2) is 40.9 Å². The van der Waals surface area contributed by atoms with E-state index in [0.29, 0.717) is 17.8 Å². The number of amides is 2. The normalized spacial score (nSPS) is 20.5. The number of hydrogen-bond acceptors (Lipinski definition) is 3. The van der Waals surface area contributed by atoms with Crippen LogP contribution in [0.25, 0.3) is 0 Å². The molecule has 24 heavy (non-hydrogen) atoms. The molecular weight excluding hydrogens is 308 g/mol. The van der Waals surface area contributed by atoms with Crippen LogP contribution in [0.1, 0.15) is 41.6 Å². The summed E-state index contributed by atoms with van der Waals surface area (Å²) in [5.74, 6) is -0.925. The van der Waals surface area contributed by atoms with Gasteiger partial charge in [-0.2, -0.15) is 0 Å². The van der Waals surface area contributed by atoms with Crippen molar-refractivity contribution >= 4 is 23.5 Å². The Kier molecular flexibility index (Phi) is 4.55. The van der Waals surface area contributed by atoms with Crippen LogP contribution in [-0.2, 0) is 9.59 Å². The SMILES string of the molecule is Cc1cc(NC(=O)C2CCCN(C(=O)C3CC3)C2)ccc1C(=O)O. The summed E-state index contributed by atoms with van der Waals surface area (Å²) in [6, 6.07) is 4.76. The third-order valence-electron chi connectivity index (χ3n) is 4.75. The Bertz CT molecular complexity index is 682. The van der Waals surface area contributed by atoms with Gasteiger partial charge in [-0.25, -0.2) is 4.79 Å². The molecule has 1 aromatic rings. The van der Waals surface area contributed by atoms with Gasteiger partial charge in [-0.15, -0.1) is 0 Å². The van der Waals surface area contributed by atoms with Crippen molar-refractivity contribution in [2.75, 3.05) is 18.4 Å². The van der Waals surface area contributed by atoms with E-state index in [1.807, 2.05) is 4.90 Å². The van der Waals surface area contributed by atoms with Crippen molar-refractivity contribution in [1.29, 1.82) is 0 Å². The van der Waals surface area contributed by atoms with Crippen molar-refractivity contribution in [2.24, 2.45) is 11.8 Å². The van der Waals surface area contributed by atoms with Crippen LogP contribution in [0.2, 0.25) is 0 Å². The van der Waals surface area contributed by atoms with Gasteiger partial charge in [0.05, 0.1) is 11.5 Å². The van der Waals surface area contributed by atoms with Crippen LogP contribution >= 0.6 is 0 Å². The second-order valence-electron chi connectivity index (χ2n) is 6.72. The highest BCUT2D eigenvalue weighted by molar-refractivity contribution is 5.95. The van der Waals surface area contributed by atoms with Crippen LogP contribution in [0, 0.1) is 18.8 Å². The molecule has 6 nitrogen and oxygen atoms in total. The van der Waals surface area contributed by atoms with E-state index >= 15 is 0 Å². The standard InChI is InChI=1S/C18H22N2O4/c1-11-9-14(6-7-15(11)18(23)24)19-16(21)13-3-2-8-20(10-13)17(22)12-4-5-12/h6-7,9,12-13H,2-5,8,10H2,1H3,(H,19,21)(H,23,24). The van der Waals surface area contributed by atoms with Gasteiger partial charge in [-0.1, -0.05) is 0 Å². The van der Waals surface area contributed by atoms with Crippen molar-refractivity contribution in [1.82, 2.24) is 4.90 Å². The number of hydrogen-bond donors (Lipinski definition) is 2. The van der Waals surface area contributed by atoms with Crippen LogP contribution in [0.4, 0.5) is 5.69 Å². The number of aryl methyl sites for hydroxylation is 1. The number of anilines is 1. The van der Waals surface area contributed by atoms with Gasteiger partial charge in [0.1, 0.15) is 0 Å². The van der Waals surface area contributed by atoms with E-state index in [2.05, 4.69) is 5.32 Å². The second-order valence-corrected chi connectivity index (χ2v) is 6.72. The quantitative estimate of drug-likeness (QED) is 0.887. The summed E-state index contributed by atoms with van der Waals surface area (Å²) >= 11 is 0. The van der Waals surface area contributed by atoms with E-state index in [0.717, 1.165) is 32.2 Å². The molecule has 2 aliphatic rings. The molecule has 2 amide bonds. The van der Waals surface area contributed by atoms with Crippen molar-refractivity contribution in [3.63, 3.8) is 0 Å². The number of carbonyl (C=O) groups is 3. The fourth-order valence-electron chi connectivity index (χ4n) is 3.21. The number of likely N-dealkylation sites (tertiary alicyclic amines) is 1. The number of aromatic carboxylic acids is 1. The smallest absolute Gasteiger partial charge is 0.335 e. The lowest BCUT2D eigenvalue weighted by Gasteiger charge is -2.32. The van der Waals surface area contributed by atoms with Gasteiger partial charge in [-0.05, 0) is 56.4 Å². The minimum Gasteiger partial charge on any atom is -0.478 e. The molecule has 1 saturated heterocycles. The van der Waals surface area contributed by atoms with Gasteiger partial charge >= 0.3 is 5.97 Å². The van der Waals surface area contributed by atoms with Gasteiger partial charge in [0.2, 0.25) is 11.8 Å². The van der Waals surface area contributed by atoms with Gasteiger partial charge < -0.3 is 15.3 Å². The fourth-order valence-corrected chi connectivity index (χ4v) is 3.21. The maximum absolute atomic E-state index is 12.5. The maximum Gasteiger partial charge on any atom is 0.335 e. The fraction of sp³-hybridized carbons (Fsp3) is 0.500. The van der Waals surface area contributed by atoms with E-state index in [1.54, 1.807) is 19.1 Å². The zero-order valence-electron chi connectivity index (χ0n) is 13.7. The highest BCUT2D eigenvalue weighted by Crippen LogP contribution is 2.32. The van der Waals surface area contributed by atoms with Crippen LogP contribution in [0.3, 0.4) is 0 Å². The van der Waals surface area contributed by atoms with E-state index < -0.39 is 5.97 Å². The molecule has 1 unspecified atom stereocenters. The summed E-state index contributed by atoms with van der Waals surface area (Å²) in [6.07, 6.45) is 3.56. The molecule has 3 rings (SSSR count). The Hall–Kier alpha value is -2.37. The molecular formula is C18H22N2O4. The van der Waals surface area contributed by atoms with Crippen LogP contribution < -0.4 is 5.32 Å². The second kappa shape index (κ2) is 6.63. The molecule has 0 spiro atoms. The van der Waals surface area contributed by atoms with Crippen LogP contribution in [0.5, 0.6) is 0 Å². The summed E-state index contributed by atoms with van der Waals surface area (Å²) in [5.41, 5.74) is 1.43. The first-order valence-electron chi connectivity index (χ1n) is 8.39. The minimum absolute atomic E-state index is 0.106. The predicted molar refractivity (Wildman–Crippen MR) is 88.8 cm³/mol. The number of piperidine rings is 1. The first-order valence-corrected chi connectivity index (χ1v) is 8.39. The number of carbonyl (C=O) groups excluding carboxylic acids is 2. The molecule has 1 aliphatic carbocycles. The molecule has 1 aromatic carbocycles. The zero-order chi connectivity index (χ0) is 17.3. The van der Waals surface area contributed by atoms with Gasteiger partial charge in [0, 0.05) is 24.7 Å². The summed E-state index contributed by atoms with van der Waals surface area (Å²) < 4.78 is 0. The first-order chi connectivity index (χ1) is 11.5. The van der Waals surface area contributed by atoms with Gasteiger partial charge in [0.15, 0.2) is 0 Å². The predicted octanol–water partition coefficient (Wildman–Crippen LogP) is 2.28. The van der Waals surface area contributed by atoms with Crippen LogP contribution in [0.15, 0.2) is 18.2 Å². The zero-order valence-corrected chi connectivity index (χ0v) is 13.7. The molecule has 1 atom stereocenters. The topological polar surface area (TPSA) is 86.7 Å². The Morgan fingerprint density at radius 3 is 2.54 bits per heavy atom. The monoisotopic (exact) mass is 330 g/mol. The molecule has 1 saturated carbocycles. The lowest BCUT2D eigenvalue weighted by Crippen LogP contribution is -2.44. The Balaban J connectivity index is 1.62. The summed E-state index contributed by atoms with van der Waals surface area (Å²) in [4.78, 5) is 37.5. The number of carboxylic acids is 1. The van der Waals surface area contributed by atoms with E-state index in [-0.39, 0.29) is 29.2 Å². The molecule has 1 aliphatic heterocycles. The highest BCUT2D eigenvalue weighted by atomic mass is 16.4. The summed E-state index contributed by atoms with van der Waals surface area (Å²) in [6.45, 7) is 2.93. The van der Waals surface area contributed by atoms with Crippen molar-refractivity contribution in [2.45, 2.75) is 32.6 Å². The van der Waals surface area contributed by atoms with Gasteiger partial charge in [-0.3, -0.25) is 9.59 Å². The number of carboxylic acid groups (broad SMARTS) is 1. The van der Waals surface area contributed by atoms with Crippen molar-refractivity contribution < 1.29 is 19.5 Å². The number of nitrogens with zero attached hydrogens (tertiary/aromatic N) is 1. The molecule has 0 aromatic heterocycles. The van der Waals surface area contributed by atoms with E-state index in [9.17, 15) is 14.4 Å². The third-order valence-corrected chi connectivity index (χ3v) is 4.75. The number of benzene rings is 1. The molecule has 128 valence electrons. The summed E-state index contributed by atoms with van der Waals surface area (Å²) in [5, 5.41) is 11.9. The van der Waals surface area contributed by atoms with Gasteiger partial charge in [0.25, 0.3) is 0 Å². The first kappa shape index (κ1) is 16.5. The minimum atomic E-state index is -0.980. The molecule has 2 fully saturated rings. The molecule has 2 N–H and O–H groups in total. The Morgan fingerprint density at radius 1 is 1.17 bits per heavy atom. The van der Waals surface area contributed by atoms with Crippen molar-refractivity contribution in [3.05, 3.63) is 29.3 Å². The molecule has 0 radical (unpaired) electrons. The molecule has 1 heterocycles. The number of nitrogens with one attached hydrogen (secondary N) is 1. The molecule has 6 heteroatoms. The average Bonchev–Trinajstić information content (AvgIpc) is 3.39. The Labute approximate surface area is 140 Å². The lowest BCUT2D eigenvalue weighted by atomic mass is 9.96. The summed E-state index contributed by atoms with van der Waals surface area (Å²) in [7, 11) is 0. The largest absolute Gasteiger partial charge is 0.478 e.